The summed E-state index contributed by atoms with van der Waals surface area (Å²) >= 11 is 7.84. The lowest BCUT2D eigenvalue weighted by Gasteiger charge is -2.25. The molecule has 0 N–H and O–H groups in total. The third-order valence-corrected chi connectivity index (χ3v) is 4.38. The summed E-state index contributed by atoms with van der Waals surface area (Å²) in [5, 5.41) is 12.0. The molecule has 0 radical (unpaired) electrons. The SMILES string of the molecule is N#Cc1ccc(Cl)cc1N(Cc1cccs1)C1CC1. The van der Waals surface area contributed by atoms with Crippen molar-refractivity contribution in [3.8, 4) is 6.07 Å². The van der Waals surface area contributed by atoms with Crippen LogP contribution in [0.15, 0.2) is 35.7 Å². The van der Waals surface area contributed by atoms with E-state index in [9.17, 15) is 5.26 Å². The van der Waals surface area contributed by atoms with Crippen LogP contribution < -0.4 is 4.90 Å². The molecule has 1 aromatic carbocycles. The second kappa shape index (κ2) is 5.24. The highest BCUT2D eigenvalue weighted by Gasteiger charge is 2.30. The normalized spacial score (nSPS) is 14.1. The fraction of sp³-hybridized carbons (Fsp3) is 0.267. The third-order valence-electron chi connectivity index (χ3n) is 3.28. The van der Waals surface area contributed by atoms with Gasteiger partial charge in [-0.05, 0) is 42.5 Å². The van der Waals surface area contributed by atoms with Crippen molar-refractivity contribution < 1.29 is 0 Å². The molecule has 2 aromatic rings. The van der Waals surface area contributed by atoms with Crippen molar-refractivity contribution in [1.82, 2.24) is 0 Å². The molecule has 96 valence electrons. The summed E-state index contributed by atoms with van der Waals surface area (Å²) < 4.78 is 0. The Morgan fingerprint density at radius 1 is 1.37 bits per heavy atom. The van der Waals surface area contributed by atoms with Gasteiger partial charge in [0.25, 0.3) is 0 Å². The second-order valence-electron chi connectivity index (χ2n) is 4.71. The average Bonchev–Trinajstić information content (AvgIpc) is 3.13. The molecule has 1 saturated carbocycles. The zero-order valence-electron chi connectivity index (χ0n) is 10.3. The van der Waals surface area contributed by atoms with Crippen LogP contribution in [0.5, 0.6) is 0 Å². The van der Waals surface area contributed by atoms with Crippen molar-refractivity contribution in [2.75, 3.05) is 4.90 Å². The monoisotopic (exact) mass is 288 g/mol. The number of nitriles is 1. The van der Waals surface area contributed by atoms with E-state index < -0.39 is 0 Å². The van der Waals surface area contributed by atoms with Crippen molar-refractivity contribution in [3.05, 3.63) is 51.2 Å². The van der Waals surface area contributed by atoms with E-state index in [4.69, 9.17) is 11.6 Å². The fourth-order valence-corrected chi connectivity index (χ4v) is 3.07. The Hall–Kier alpha value is -1.50. The summed E-state index contributed by atoms with van der Waals surface area (Å²) in [6.45, 7) is 0.858. The maximum Gasteiger partial charge on any atom is 0.101 e. The van der Waals surface area contributed by atoms with Gasteiger partial charge in [-0.15, -0.1) is 11.3 Å². The van der Waals surface area contributed by atoms with E-state index in [-0.39, 0.29) is 0 Å². The molecule has 1 heterocycles. The fourth-order valence-electron chi connectivity index (χ4n) is 2.20. The van der Waals surface area contributed by atoms with Crippen LogP contribution in [0.25, 0.3) is 0 Å². The molecule has 19 heavy (non-hydrogen) atoms. The molecule has 1 aliphatic rings. The number of thiophene rings is 1. The van der Waals surface area contributed by atoms with Crippen molar-refractivity contribution in [1.29, 1.82) is 5.26 Å². The van der Waals surface area contributed by atoms with Crippen molar-refractivity contribution in [2.24, 2.45) is 0 Å². The lowest BCUT2D eigenvalue weighted by molar-refractivity contribution is 0.802. The molecule has 2 nitrogen and oxygen atoms in total. The van der Waals surface area contributed by atoms with Crippen LogP contribution in [0.3, 0.4) is 0 Å². The van der Waals surface area contributed by atoms with E-state index in [0.717, 1.165) is 12.2 Å². The summed E-state index contributed by atoms with van der Waals surface area (Å²) in [6, 6.07) is 12.5. The molecule has 1 aliphatic carbocycles. The highest BCUT2D eigenvalue weighted by atomic mass is 35.5. The standard InChI is InChI=1S/C15H13ClN2S/c16-12-4-3-11(9-17)15(8-12)18(13-5-6-13)10-14-2-1-7-19-14/h1-4,7-8,13H,5-6,10H2. The van der Waals surface area contributed by atoms with E-state index in [1.807, 2.05) is 12.1 Å². The van der Waals surface area contributed by atoms with Crippen LogP contribution in [0.1, 0.15) is 23.3 Å². The van der Waals surface area contributed by atoms with Gasteiger partial charge < -0.3 is 4.90 Å². The number of nitrogens with zero attached hydrogens (tertiary/aromatic N) is 2. The van der Waals surface area contributed by atoms with E-state index in [0.29, 0.717) is 16.6 Å². The molecule has 0 spiro atoms. The second-order valence-corrected chi connectivity index (χ2v) is 6.18. The number of hydrogen-bond donors (Lipinski definition) is 0. The number of anilines is 1. The smallest absolute Gasteiger partial charge is 0.101 e. The maximum absolute atomic E-state index is 9.27. The van der Waals surface area contributed by atoms with Crippen molar-refractivity contribution >= 4 is 28.6 Å². The summed E-state index contributed by atoms with van der Waals surface area (Å²) in [5.41, 5.74) is 1.67. The Labute approximate surface area is 121 Å². The van der Waals surface area contributed by atoms with E-state index in [1.54, 1.807) is 17.4 Å². The van der Waals surface area contributed by atoms with Crippen LogP contribution in [0.2, 0.25) is 5.02 Å². The Bertz CT molecular complexity index is 612. The van der Waals surface area contributed by atoms with Gasteiger partial charge in [-0.25, -0.2) is 0 Å². The topological polar surface area (TPSA) is 27.0 Å². The predicted molar refractivity (Wildman–Crippen MR) is 79.7 cm³/mol. The first-order valence-corrected chi connectivity index (χ1v) is 7.52. The maximum atomic E-state index is 9.27. The van der Waals surface area contributed by atoms with Crippen LogP contribution in [-0.2, 0) is 6.54 Å². The predicted octanol–water partition coefficient (Wildman–Crippen LogP) is 4.44. The lowest BCUT2D eigenvalue weighted by Crippen LogP contribution is -2.25. The molecular formula is C15H13ClN2S. The lowest BCUT2D eigenvalue weighted by atomic mass is 10.1. The van der Waals surface area contributed by atoms with Gasteiger partial charge in [0.1, 0.15) is 6.07 Å². The molecule has 0 unspecified atom stereocenters. The number of rotatable bonds is 4. The zero-order valence-corrected chi connectivity index (χ0v) is 11.9. The molecule has 0 amide bonds. The molecule has 4 heteroatoms. The van der Waals surface area contributed by atoms with E-state index in [2.05, 4.69) is 28.5 Å². The summed E-state index contributed by atoms with van der Waals surface area (Å²) in [4.78, 5) is 3.63. The minimum atomic E-state index is 0.549. The van der Waals surface area contributed by atoms with Gasteiger partial charge in [0.2, 0.25) is 0 Å². The molecular weight excluding hydrogens is 276 g/mol. The highest BCUT2D eigenvalue weighted by Crippen LogP contribution is 2.36. The molecule has 0 aliphatic heterocycles. The first-order chi connectivity index (χ1) is 9.28. The van der Waals surface area contributed by atoms with Crippen LogP contribution in [0, 0.1) is 11.3 Å². The molecule has 1 fully saturated rings. The minimum Gasteiger partial charge on any atom is -0.362 e. The Morgan fingerprint density at radius 3 is 2.84 bits per heavy atom. The Kier molecular flexibility index (Phi) is 3.46. The Balaban J connectivity index is 1.96. The van der Waals surface area contributed by atoms with Crippen LogP contribution in [0.4, 0.5) is 5.69 Å². The number of halogens is 1. The summed E-state index contributed by atoms with van der Waals surface area (Å²) in [7, 11) is 0. The van der Waals surface area contributed by atoms with Gasteiger partial charge in [-0.1, -0.05) is 17.7 Å². The Morgan fingerprint density at radius 2 is 2.21 bits per heavy atom. The molecule has 0 saturated heterocycles. The average molecular weight is 289 g/mol. The van der Waals surface area contributed by atoms with Gasteiger partial charge >= 0.3 is 0 Å². The molecule has 0 bridgehead atoms. The zero-order chi connectivity index (χ0) is 13.2. The minimum absolute atomic E-state index is 0.549. The van der Waals surface area contributed by atoms with Gasteiger partial charge in [-0.3, -0.25) is 0 Å². The molecule has 0 atom stereocenters. The number of hydrogen-bond acceptors (Lipinski definition) is 3. The van der Waals surface area contributed by atoms with Crippen LogP contribution in [-0.4, -0.2) is 6.04 Å². The van der Waals surface area contributed by atoms with Crippen LogP contribution >= 0.6 is 22.9 Å². The van der Waals surface area contributed by atoms with Gasteiger partial charge in [-0.2, -0.15) is 5.26 Å². The van der Waals surface area contributed by atoms with Crippen molar-refractivity contribution in [2.45, 2.75) is 25.4 Å². The molecule has 3 rings (SSSR count). The highest BCUT2D eigenvalue weighted by molar-refractivity contribution is 7.09. The quantitative estimate of drug-likeness (QED) is 0.831. The van der Waals surface area contributed by atoms with Gasteiger partial charge in [0.05, 0.1) is 17.8 Å². The summed E-state index contributed by atoms with van der Waals surface area (Å²) in [5.74, 6) is 0. The first-order valence-electron chi connectivity index (χ1n) is 6.26. The largest absolute Gasteiger partial charge is 0.362 e. The first kappa shape index (κ1) is 12.5. The van der Waals surface area contributed by atoms with E-state index in [1.165, 1.54) is 17.7 Å². The third kappa shape index (κ3) is 2.75. The molecule has 1 aromatic heterocycles. The van der Waals surface area contributed by atoms with Crippen molar-refractivity contribution in [3.63, 3.8) is 0 Å². The van der Waals surface area contributed by atoms with Gasteiger partial charge in [0.15, 0.2) is 0 Å². The number of benzene rings is 1. The summed E-state index contributed by atoms with van der Waals surface area (Å²) in [6.07, 6.45) is 2.39. The van der Waals surface area contributed by atoms with E-state index >= 15 is 0 Å². The van der Waals surface area contributed by atoms with Gasteiger partial charge in [0, 0.05) is 15.9 Å².